The molecule has 1 atom stereocenters. The third kappa shape index (κ3) is 4.62. The molecule has 3 nitrogen and oxygen atoms in total. The maximum Gasteiger partial charge on any atom is 0.316 e. The van der Waals surface area contributed by atoms with Crippen molar-refractivity contribution in [2.24, 2.45) is 5.73 Å². The van der Waals surface area contributed by atoms with Gasteiger partial charge in [0.25, 0.3) is 0 Å². The van der Waals surface area contributed by atoms with Gasteiger partial charge in [-0.2, -0.15) is 0 Å². The fourth-order valence-electron chi connectivity index (χ4n) is 1.43. The van der Waals surface area contributed by atoms with Crippen LogP contribution >= 0.6 is 11.8 Å². The van der Waals surface area contributed by atoms with Crippen molar-refractivity contribution >= 4 is 17.7 Å². The lowest BCUT2D eigenvalue weighted by molar-refractivity contribution is -0.136. The molecule has 0 aromatic heterocycles. The third-order valence-electron chi connectivity index (χ3n) is 2.36. The summed E-state index contributed by atoms with van der Waals surface area (Å²) in [4.78, 5) is 11.2. The number of carbonyl (C=O) groups is 1. The van der Waals surface area contributed by atoms with Crippen LogP contribution in [0.15, 0.2) is 23.1 Å². The van der Waals surface area contributed by atoms with Gasteiger partial charge >= 0.3 is 5.97 Å². The number of benzene rings is 1. The van der Waals surface area contributed by atoms with E-state index in [0.717, 1.165) is 30.3 Å². The SMILES string of the molecule is NCCCCC(Sc1ccc(F)cc1F)C(=O)O. The van der Waals surface area contributed by atoms with Crippen molar-refractivity contribution in [2.75, 3.05) is 6.54 Å². The summed E-state index contributed by atoms with van der Waals surface area (Å²) in [6.45, 7) is 0.502. The lowest BCUT2D eigenvalue weighted by atomic mass is 10.2. The van der Waals surface area contributed by atoms with Crippen molar-refractivity contribution < 1.29 is 18.7 Å². The summed E-state index contributed by atoms with van der Waals surface area (Å²) in [6, 6.07) is 3.12. The Hall–Kier alpha value is -1.14. The van der Waals surface area contributed by atoms with Gasteiger partial charge < -0.3 is 10.8 Å². The highest BCUT2D eigenvalue weighted by atomic mass is 32.2. The monoisotopic (exact) mass is 275 g/mol. The fourth-order valence-corrected chi connectivity index (χ4v) is 2.44. The van der Waals surface area contributed by atoms with Gasteiger partial charge in [0.15, 0.2) is 0 Å². The molecule has 0 aliphatic rings. The first-order chi connectivity index (χ1) is 8.54. The van der Waals surface area contributed by atoms with Crippen LogP contribution in [-0.2, 0) is 4.79 Å². The Morgan fingerprint density at radius 2 is 2.11 bits per heavy atom. The van der Waals surface area contributed by atoms with Gasteiger partial charge in [0.2, 0.25) is 0 Å². The van der Waals surface area contributed by atoms with Gasteiger partial charge in [-0.3, -0.25) is 4.79 Å². The van der Waals surface area contributed by atoms with E-state index in [0.29, 0.717) is 19.4 Å². The standard InChI is InChI=1S/C12H15F2NO2S/c13-8-4-5-10(9(14)7-8)18-11(12(16)17)3-1-2-6-15/h4-5,7,11H,1-3,6,15H2,(H,16,17). The molecule has 1 aromatic carbocycles. The second-order valence-electron chi connectivity index (χ2n) is 3.80. The molecule has 0 saturated carbocycles. The zero-order valence-electron chi connectivity index (χ0n) is 9.73. The van der Waals surface area contributed by atoms with E-state index >= 15 is 0 Å². The quantitative estimate of drug-likeness (QED) is 0.593. The van der Waals surface area contributed by atoms with Crippen molar-refractivity contribution in [3.05, 3.63) is 29.8 Å². The lowest BCUT2D eigenvalue weighted by Gasteiger charge is -2.12. The molecule has 0 aliphatic heterocycles. The minimum absolute atomic E-state index is 0.150. The van der Waals surface area contributed by atoms with Crippen molar-refractivity contribution in [3.63, 3.8) is 0 Å². The lowest BCUT2D eigenvalue weighted by Crippen LogP contribution is -2.17. The van der Waals surface area contributed by atoms with Gasteiger partial charge in [0.1, 0.15) is 16.9 Å². The van der Waals surface area contributed by atoms with Gasteiger partial charge in [-0.1, -0.05) is 6.42 Å². The molecule has 0 spiro atoms. The number of unbranched alkanes of at least 4 members (excludes halogenated alkanes) is 1. The predicted molar refractivity (Wildman–Crippen MR) is 66.5 cm³/mol. The van der Waals surface area contributed by atoms with Crippen LogP contribution in [0.25, 0.3) is 0 Å². The van der Waals surface area contributed by atoms with Gasteiger partial charge in [-0.25, -0.2) is 8.78 Å². The molecule has 0 fully saturated rings. The maximum atomic E-state index is 13.4. The average Bonchev–Trinajstić information content (AvgIpc) is 2.30. The van der Waals surface area contributed by atoms with E-state index in [-0.39, 0.29) is 4.90 Å². The van der Waals surface area contributed by atoms with Crippen molar-refractivity contribution in [3.8, 4) is 0 Å². The number of thioether (sulfide) groups is 1. The summed E-state index contributed by atoms with van der Waals surface area (Å²) in [5.74, 6) is -2.40. The molecule has 0 saturated heterocycles. The van der Waals surface area contributed by atoms with E-state index in [2.05, 4.69) is 0 Å². The smallest absolute Gasteiger partial charge is 0.316 e. The molecule has 1 rings (SSSR count). The summed E-state index contributed by atoms with van der Waals surface area (Å²) >= 11 is 0.901. The van der Waals surface area contributed by atoms with Crippen LogP contribution in [0, 0.1) is 11.6 Å². The summed E-state index contributed by atoms with van der Waals surface area (Å²) < 4.78 is 26.1. The van der Waals surface area contributed by atoms with E-state index in [1.165, 1.54) is 6.07 Å². The van der Waals surface area contributed by atoms with Gasteiger partial charge in [0.05, 0.1) is 0 Å². The zero-order valence-corrected chi connectivity index (χ0v) is 10.6. The maximum absolute atomic E-state index is 13.4. The highest BCUT2D eigenvalue weighted by molar-refractivity contribution is 8.00. The second kappa shape index (κ2) is 7.33. The topological polar surface area (TPSA) is 63.3 Å². The molecule has 3 N–H and O–H groups in total. The zero-order chi connectivity index (χ0) is 13.5. The Balaban J connectivity index is 2.67. The van der Waals surface area contributed by atoms with E-state index in [4.69, 9.17) is 10.8 Å². The number of carboxylic acids is 1. The Morgan fingerprint density at radius 1 is 1.39 bits per heavy atom. The molecule has 0 heterocycles. The van der Waals surface area contributed by atoms with Crippen LogP contribution in [0.4, 0.5) is 8.78 Å². The molecule has 6 heteroatoms. The Bertz CT molecular complexity index is 415. The highest BCUT2D eigenvalue weighted by Gasteiger charge is 2.20. The first-order valence-corrected chi connectivity index (χ1v) is 6.47. The average molecular weight is 275 g/mol. The summed E-state index contributed by atoms with van der Waals surface area (Å²) in [5.41, 5.74) is 5.33. The van der Waals surface area contributed by atoms with Crippen molar-refractivity contribution in [2.45, 2.75) is 29.4 Å². The minimum atomic E-state index is -0.999. The van der Waals surface area contributed by atoms with Crippen LogP contribution in [0.1, 0.15) is 19.3 Å². The number of nitrogens with two attached hydrogens (primary N) is 1. The number of hydrogen-bond acceptors (Lipinski definition) is 3. The fraction of sp³-hybridized carbons (Fsp3) is 0.417. The molecule has 0 bridgehead atoms. The number of hydrogen-bond donors (Lipinski definition) is 2. The molecule has 0 aliphatic carbocycles. The summed E-state index contributed by atoms with van der Waals surface area (Å²) in [5, 5.41) is 8.29. The van der Waals surface area contributed by atoms with Crippen molar-refractivity contribution in [1.29, 1.82) is 0 Å². The van der Waals surface area contributed by atoms with Crippen LogP contribution in [0.2, 0.25) is 0 Å². The Kier molecular flexibility index (Phi) is 6.07. The largest absolute Gasteiger partial charge is 0.480 e. The van der Waals surface area contributed by atoms with Crippen LogP contribution in [-0.4, -0.2) is 22.9 Å². The highest BCUT2D eigenvalue weighted by Crippen LogP contribution is 2.29. The normalized spacial score (nSPS) is 12.4. The summed E-state index contributed by atoms with van der Waals surface area (Å²) in [6.07, 6.45) is 1.81. The minimum Gasteiger partial charge on any atom is -0.480 e. The van der Waals surface area contributed by atoms with E-state index in [9.17, 15) is 13.6 Å². The molecule has 18 heavy (non-hydrogen) atoms. The molecule has 0 amide bonds. The van der Waals surface area contributed by atoms with Crippen LogP contribution < -0.4 is 5.73 Å². The molecular weight excluding hydrogens is 260 g/mol. The summed E-state index contributed by atoms with van der Waals surface area (Å²) in [7, 11) is 0. The molecule has 0 radical (unpaired) electrons. The predicted octanol–water partition coefficient (Wildman–Crippen LogP) is 2.64. The van der Waals surface area contributed by atoms with Crippen LogP contribution in [0.5, 0.6) is 0 Å². The first kappa shape index (κ1) is 14.9. The number of carboxylic acid groups (broad SMARTS) is 1. The Morgan fingerprint density at radius 3 is 2.67 bits per heavy atom. The van der Waals surface area contributed by atoms with Crippen molar-refractivity contribution in [1.82, 2.24) is 0 Å². The second-order valence-corrected chi connectivity index (χ2v) is 5.05. The molecule has 1 aromatic rings. The van der Waals surface area contributed by atoms with Crippen LogP contribution in [0.3, 0.4) is 0 Å². The van der Waals surface area contributed by atoms with Gasteiger partial charge in [-0.15, -0.1) is 11.8 Å². The first-order valence-electron chi connectivity index (χ1n) is 5.59. The Labute approximate surface area is 108 Å². The molecule has 1 unspecified atom stereocenters. The van der Waals surface area contributed by atoms with Gasteiger partial charge in [-0.05, 0) is 31.5 Å². The number of aliphatic carboxylic acids is 1. The van der Waals surface area contributed by atoms with E-state index in [1.807, 2.05) is 0 Å². The molecule has 100 valence electrons. The van der Waals surface area contributed by atoms with Gasteiger partial charge in [0, 0.05) is 11.0 Å². The number of rotatable bonds is 7. The number of halogens is 2. The molecular formula is C12H15F2NO2S. The third-order valence-corrected chi connectivity index (χ3v) is 3.67. The van der Waals surface area contributed by atoms with E-state index in [1.54, 1.807) is 0 Å². The van der Waals surface area contributed by atoms with E-state index < -0.39 is 22.9 Å².